The van der Waals surface area contributed by atoms with Gasteiger partial charge >= 0.3 is 23.9 Å². The normalized spacial score (nSPS) is 24.0. The average molecular weight is 504 g/mol. The number of carbonyl (C=O) groups is 4. The Morgan fingerprint density at radius 1 is 0.750 bits per heavy atom. The van der Waals surface area contributed by atoms with Gasteiger partial charge in [-0.2, -0.15) is 0 Å². The lowest BCUT2D eigenvalue weighted by Gasteiger charge is -2.39. The summed E-state index contributed by atoms with van der Waals surface area (Å²) in [5.74, 6) is -7.16. The Morgan fingerprint density at radius 3 is 1.94 bits per heavy atom. The van der Waals surface area contributed by atoms with Gasteiger partial charge in [0.15, 0.2) is 11.7 Å². The summed E-state index contributed by atoms with van der Waals surface area (Å²) in [6.07, 6.45) is -9.11. The molecule has 3 aromatic rings. The summed E-state index contributed by atoms with van der Waals surface area (Å²) in [7, 11) is 0. The van der Waals surface area contributed by atoms with E-state index in [-0.39, 0.29) is 16.5 Å². The van der Waals surface area contributed by atoms with Crippen molar-refractivity contribution in [2.45, 2.75) is 30.5 Å². The van der Waals surface area contributed by atoms with Crippen LogP contribution in [0.25, 0.3) is 21.9 Å². The highest BCUT2D eigenvalue weighted by molar-refractivity contribution is 6.16. The van der Waals surface area contributed by atoms with Crippen molar-refractivity contribution in [2.24, 2.45) is 0 Å². The SMILES string of the molecule is O=C(O)c1cc2c(=O)c3cc(C4OC(C(=O)O)C(O)C(O)C4O)ccc3oc2c(C(=O)O)c1C(=O)O. The Labute approximate surface area is 197 Å². The topological polar surface area (TPSA) is 249 Å². The number of rotatable bonds is 5. The molecule has 0 saturated carbocycles. The van der Waals surface area contributed by atoms with E-state index in [4.69, 9.17) is 9.15 Å². The van der Waals surface area contributed by atoms with Crippen molar-refractivity contribution in [3.63, 3.8) is 0 Å². The summed E-state index contributed by atoms with van der Waals surface area (Å²) < 4.78 is 10.7. The molecule has 0 bridgehead atoms. The molecule has 0 radical (unpaired) electrons. The van der Waals surface area contributed by atoms with Gasteiger partial charge in [0.25, 0.3) is 0 Å². The molecule has 14 heteroatoms. The van der Waals surface area contributed by atoms with E-state index in [9.17, 15) is 59.7 Å². The second-order valence-corrected chi connectivity index (χ2v) is 7.94. The maximum atomic E-state index is 13.2. The molecule has 0 amide bonds. The molecular formula is C22H16O14. The van der Waals surface area contributed by atoms with E-state index < -0.39 is 87.5 Å². The van der Waals surface area contributed by atoms with Crippen LogP contribution in [0.4, 0.5) is 0 Å². The van der Waals surface area contributed by atoms with Crippen molar-refractivity contribution in [3.8, 4) is 0 Å². The number of aliphatic hydroxyl groups excluding tert-OH is 3. The number of carboxylic acid groups (broad SMARTS) is 4. The molecular weight excluding hydrogens is 488 g/mol. The van der Waals surface area contributed by atoms with Crippen LogP contribution in [-0.4, -0.2) is 84.0 Å². The standard InChI is InChI=1S/C22H16O14/c23-12-6-3-5(16-14(25)13(24)15(26)18(36-16)22(33)34)1-2-9(6)35-17-8(12)4-7(19(27)28)10(20(29)30)11(17)21(31)32/h1-4,13-16,18,24-26H,(H,27,28)(H,29,30)(H,31,32)(H,33,34). The molecule has 7 N–H and O–H groups in total. The quantitative estimate of drug-likeness (QED) is 0.219. The molecule has 2 heterocycles. The summed E-state index contributed by atoms with van der Waals surface area (Å²) in [6.45, 7) is 0. The van der Waals surface area contributed by atoms with Crippen molar-refractivity contribution < 1.29 is 64.1 Å². The predicted molar refractivity (Wildman–Crippen MR) is 114 cm³/mol. The summed E-state index contributed by atoms with van der Waals surface area (Å²) in [5, 5.41) is 67.1. The van der Waals surface area contributed by atoms with Crippen molar-refractivity contribution >= 4 is 45.8 Å². The van der Waals surface area contributed by atoms with E-state index in [2.05, 4.69) is 0 Å². The number of fused-ring (bicyclic) bond motifs is 2. The first-order chi connectivity index (χ1) is 16.8. The second-order valence-electron chi connectivity index (χ2n) is 7.94. The summed E-state index contributed by atoms with van der Waals surface area (Å²) in [6, 6.07) is 4.09. The van der Waals surface area contributed by atoms with E-state index in [0.717, 1.165) is 12.1 Å². The Kier molecular flexibility index (Phi) is 5.97. The first-order valence-electron chi connectivity index (χ1n) is 10.0. The number of ether oxygens (including phenoxy) is 1. The zero-order chi connectivity index (χ0) is 26.6. The van der Waals surface area contributed by atoms with Crippen LogP contribution in [0.15, 0.2) is 33.5 Å². The Morgan fingerprint density at radius 2 is 1.39 bits per heavy atom. The van der Waals surface area contributed by atoms with E-state index in [1.54, 1.807) is 0 Å². The molecule has 188 valence electrons. The van der Waals surface area contributed by atoms with E-state index in [1.807, 2.05) is 0 Å². The molecule has 1 fully saturated rings. The minimum absolute atomic E-state index is 0.0297. The van der Waals surface area contributed by atoms with Gasteiger partial charge in [0.05, 0.1) is 21.9 Å². The highest BCUT2D eigenvalue weighted by Gasteiger charge is 2.47. The van der Waals surface area contributed by atoms with Gasteiger partial charge in [-0.25, -0.2) is 19.2 Å². The number of hydrogen-bond acceptors (Lipinski definition) is 10. The minimum atomic E-state index is -1.95. The van der Waals surface area contributed by atoms with Gasteiger partial charge in [0, 0.05) is 0 Å². The molecule has 2 aromatic carbocycles. The van der Waals surface area contributed by atoms with Crippen LogP contribution in [-0.2, 0) is 9.53 Å². The summed E-state index contributed by atoms with van der Waals surface area (Å²) in [5.41, 5.74) is -5.04. The van der Waals surface area contributed by atoms with Crippen LogP contribution in [0.5, 0.6) is 0 Å². The molecule has 5 unspecified atom stereocenters. The lowest BCUT2D eigenvalue weighted by Crippen LogP contribution is -2.56. The van der Waals surface area contributed by atoms with Crippen LogP contribution in [0, 0.1) is 0 Å². The zero-order valence-electron chi connectivity index (χ0n) is 17.7. The molecule has 1 aliphatic heterocycles. The second kappa shape index (κ2) is 8.69. The Bertz CT molecular complexity index is 1520. The lowest BCUT2D eigenvalue weighted by molar-refractivity contribution is -0.229. The summed E-state index contributed by atoms with van der Waals surface area (Å²) in [4.78, 5) is 59.8. The maximum absolute atomic E-state index is 13.2. The number of aromatic carboxylic acids is 3. The zero-order valence-corrected chi connectivity index (χ0v) is 17.7. The van der Waals surface area contributed by atoms with Gasteiger partial charge < -0.3 is 44.9 Å². The van der Waals surface area contributed by atoms with E-state index in [0.29, 0.717) is 6.07 Å². The monoisotopic (exact) mass is 504 g/mol. The molecule has 14 nitrogen and oxygen atoms in total. The fourth-order valence-electron chi connectivity index (χ4n) is 4.14. The predicted octanol–water partition coefficient (Wildman–Crippen LogP) is -0.352. The number of aliphatic carboxylic acids is 1. The van der Waals surface area contributed by atoms with Crippen LogP contribution in [0.2, 0.25) is 0 Å². The van der Waals surface area contributed by atoms with Crippen molar-refractivity contribution in [3.05, 3.63) is 56.7 Å². The van der Waals surface area contributed by atoms with Gasteiger partial charge in [-0.1, -0.05) is 6.07 Å². The first-order valence-corrected chi connectivity index (χ1v) is 10.0. The van der Waals surface area contributed by atoms with Crippen LogP contribution in [0.3, 0.4) is 0 Å². The Hall–Kier alpha value is -4.37. The van der Waals surface area contributed by atoms with Gasteiger partial charge in [0.1, 0.15) is 35.6 Å². The Balaban J connectivity index is 1.99. The fraction of sp³-hybridized carbons (Fsp3) is 0.227. The van der Waals surface area contributed by atoms with Gasteiger partial charge in [-0.05, 0) is 23.8 Å². The third-order valence-electron chi connectivity index (χ3n) is 5.83. The number of benzene rings is 2. The average Bonchev–Trinajstić information content (AvgIpc) is 2.81. The number of carboxylic acids is 4. The van der Waals surface area contributed by atoms with Crippen molar-refractivity contribution in [1.29, 1.82) is 0 Å². The molecule has 4 rings (SSSR count). The largest absolute Gasteiger partial charge is 0.479 e. The number of aliphatic hydroxyl groups is 3. The van der Waals surface area contributed by atoms with Gasteiger partial charge in [0.2, 0.25) is 5.43 Å². The molecule has 1 aromatic heterocycles. The molecule has 0 spiro atoms. The molecule has 1 aliphatic rings. The fourth-order valence-corrected chi connectivity index (χ4v) is 4.14. The molecule has 0 aliphatic carbocycles. The van der Waals surface area contributed by atoms with Crippen LogP contribution < -0.4 is 5.43 Å². The van der Waals surface area contributed by atoms with E-state index in [1.165, 1.54) is 6.07 Å². The highest BCUT2D eigenvalue weighted by Crippen LogP contribution is 2.35. The number of hydrogen-bond donors (Lipinski definition) is 7. The third kappa shape index (κ3) is 3.74. The first kappa shape index (κ1) is 24.7. The summed E-state index contributed by atoms with van der Waals surface area (Å²) >= 11 is 0. The molecule has 5 atom stereocenters. The lowest BCUT2D eigenvalue weighted by atomic mass is 9.90. The highest BCUT2D eigenvalue weighted by atomic mass is 16.6. The maximum Gasteiger partial charge on any atom is 0.340 e. The van der Waals surface area contributed by atoms with Crippen molar-refractivity contribution in [2.75, 3.05) is 0 Å². The van der Waals surface area contributed by atoms with E-state index >= 15 is 0 Å². The van der Waals surface area contributed by atoms with Crippen molar-refractivity contribution in [1.82, 2.24) is 0 Å². The van der Waals surface area contributed by atoms with Gasteiger partial charge in [-0.15, -0.1) is 0 Å². The smallest absolute Gasteiger partial charge is 0.340 e. The van der Waals surface area contributed by atoms with Crippen LogP contribution >= 0.6 is 0 Å². The van der Waals surface area contributed by atoms with Crippen LogP contribution in [0.1, 0.15) is 42.7 Å². The van der Waals surface area contributed by atoms with Gasteiger partial charge in [-0.3, -0.25) is 4.79 Å². The third-order valence-corrected chi connectivity index (χ3v) is 5.83. The molecule has 36 heavy (non-hydrogen) atoms. The minimum Gasteiger partial charge on any atom is -0.479 e. The molecule has 1 saturated heterocycles.